The van der Waals surface area contributed by atoms with Crippen LogP contribution in [0.3, 0.4) is 0 Å². The standard InChI is InChI=1S/C15H31N/c1-14(2)16(6)13-11-9-7-8-10-12-15(3,4)5/h7,9,14H,8,10-13H2,1-6H3/b9-7-. The summed E-state index contributed by atoms with van der Waals surface area (Å²) in [4.78, 5) is 2.39. The van der Waals surface area contributed by atoms with Gasteiger partial charge in [0.1, 0.15) is 0 Å². The first-order valence-electron chi connectivity index (χ1n) is 6.68. The van der Waals surface area contributed by atoms with Crippen LogP contribution in [0.1, 0.15) is 60.3 Å². The Hall–Kier alpha value is -0.300. The van der Waals surface area contributed by atoms with E-state index in [0.717, 1.165) is 0 Å². The van der Waals surface area contributed by atoms with E-state index in [9.17, 15) is 0 Å². The van der Waals surface area contributed by atoms with Gasteiger partial charge in [0.2, 0.25) is 0 Å². The second kappa shape index (κ2) is 7.89. The summed E-state index contributed by atoms with van der Waals surface area (Å²) in [5.74, 6) is 0. The molecule has 0 aliphatic carbocycles. The molecule has 0 saturated heterocycles. The van der Waals surface area contributed by atoms with Crippen molar-refractivity contribution in [3.8, 4) is 0 Å². The molecule has 0 amide bonds. The summed E-state index contributed by atoms with van der Waals surface area (Å²) >= 11 is 0. The zero-order chi connectivity index (χ0) is 12.6. The van der Waals surface area contributed by atoms with E-state index >= 15 is 0 Å². The first-order valence-corrected chi connectivity index (χ1v) is 6.68. The summed E-state index contributed by atoms with van der Waals surface area (Å²) in [7, 11) is 2.19. The first-order chi connectivity index (χ1) is 7.33. The van der Waals surface area contributed by atoms with Crippen LogP contribution >= 0.6 is 0 Å². The lowest BCUT2D eigenvalue weighted by Crippen LogP contribution is -2.26. The van der Waals surface area contributed by atoms with Gasteiger partial charge in [0.25, 0.3) is 0 Å². The van der Waals surface area contributed by atoms with Crippen molar-refractivity contribution in [3.05, 3.63) is 12.2 Å². The van der Waals surface area contributed by atoms with Gasteiger partial charge in [-0.3, -0.25) is 0 Å². The number of allylic oxidation sites excluding steroid dienone is 1. The summed E-state index contributed by atoms with van der Waals surface area (Å²) < 4.78 is 0. The van der Waals surface area contributed by atoms with E-state index < -0.39 is 0 Å². The Bertz CT molecular complexity index is 186. The molecule has 0 spiro atoms. The van der Waals surface area contributed by atoms with E-state index in [1.165, 1.54) is 32.2 Å². The van der Waals surface area contributed by atoms with Gasteiger partial charge in [-0.2, -0.15) is 0 Å². The Morgan fingerprint density at radius 3 is 2.12 bits per heavy atom. The zero-order valence-corrected chi connectivity index (χ0v) is 12.2. The number of rotatable bonds is 7. The molecule has 1 nitrogen and oxygen atoms in total. The van der Waals surface area contributed by atoms with E-state index in [2.05, 4.69) is 58.7 Å². The topological polar surface area (TPSA) is 3.24 Å². The largest absolute Gasteiger partial charge is 0.304 e. The maximum atomic E-state index is 2.39. The molecule has 0 N–H and O–H groups in total. The Kier molecular flexibility index (Phi) is 7.74. The van der Waals surface area contributed by atoms with Gasteiger partial charge in [-0.1, -0.05) is 32.9 Å². The van der Waals surface area contributed by atoms with Crippen molar-refractivity contribution >= 4 is 0 Å². The molecule has 0 radical (unpaired) electrons. The molecule has 0 unspecified atom stereocenters. The molecule has 0 aliphatic heterocycles. The molecule has 0 aromatic heterocycles. The number of nitrogens with zero attached hydrogens (tertiary/aromatic N) is 1. The molecule has 16 heavy (non-hydrogen) atoms. The third-order valence-corrected chi connectivity index (χ3v) is 2.99. The van der Waals surface area contributed by atoms with Crippen molar-refractivity contribution in [3.63, 3.8) is 0 Å². The van der Waals surface area contributed by atoms with Crippen LogP contribution in [0.25, 0.3) is 0 Å². The molecule has 0 rings (SSSR count). The maximum Gasteiger partial charge on any atom is 0.00356 e. The van der Waals surface area contributed by atoms with Gasteiger partial charge >= 0.3 is 0 Å². The second-order valence-electron chi connectivity index (χ2n) is 6.29. The molecule has 0 saturated carbocycles. The Balaban J connectivity index is 3.42. The van der Waals surface area contributed by atoms with Gasteiger partial charge in [0.15, 0.2) is 0 Å². The Morgan fingerprint density at radius 2 is 1.62 bits per heavy atom. The van der Waals surface area contributed by atoms with Gasteiger partial charge < -0.3 is 4.90 Å². The summed E-state index contributed by atoms with van der Waals surface area (Å²) in [6.07, 6.45) is 9.75. The fraction of sp³-hybridized carbons (Fsp3) is 0.867. The summed E-state index contributed by atoms with van der Waals surface area (Å²) in [5.41, 5.74) is 0.492. The van der Waals surface area contributed by atoms with Gasteiger partial charge in [-0.25, -0.2) is 0 Å². The van der Waals surface area contributed by atoms with Crippen LogP contribution in [0, 0.1) is 5.41 Å². The highest BCUT2D eigenvalue weighted by Gasteiger charge is 2.07. The average molecular weight is 225 g/mol. The van der Waals surface area contributed by atoms with Crippen LogP contribution in [0.2, 0.25) is 0 Å². The zero-order valence-electron chi connectivity index (χ0n) is 12.2. The van der Waals surface area contributed by atoms with Crippen molar-refractivity contribution in [2.24, 2.45) is 5.41 Å². The minimum Gasteiger partial charge on any atom is -0.304 e. The molecular weight excluding hydrogens is 194 g/mol. The highest BCUT2D eigenvalue weighted by molar-refractivity contribution is 4.83. The molecule has 0 bridgehead atoms. The molecule has 0 aromatic carbocycles. The van der Waals surface area contributed by atoms with Crippen molar-refractivity contribution < 1.29 is 0 Å². The minimum absolute atomic E-state index is 0.492. The summed E-state index contributed by atoms with van der Waals surface area (Å²) in [6, 6.07) is 0.661. The van der Waals surface area contributed by atoms with Crippen molar-refractivity contribution in [2.75, 3.05) is 13.6 Å². The number of hydrogen-bond acceptors (Lipinski definition) is 1. The molecular formula is C15H31N. The predicted octanol–water partition coefficient (Wildman–Crippen LogP) is 4.49. The molecule has 0 atom stereocenters. The van der Waals surface area contributed by atoms with E-state index in [1.54, 1.807) is 0 Å². The summed E-state index contributed by atoms with van der Waals surface area (Å²) in [6.45, 7) is 12.6. The van der Waals surface area contributed by atoms with Gasteiger partial charge in [0.05, 0.1) is 0 Å². The third-order valence-electron chi connectivity index (χ3n) is 2.99. The lowest BCUT2D eigenvalue weighted by atomic mass is 9.90. The Labute approximate surface area is 103 Å². The quantitative estimate of drug-likeness (QED) is 0.456. The van der Waals surface area contributed by atoms with Crippen molar-refractivity contribution in [1.82, 2.24) is 4.90 Å². The Morgan fingerprint density at radius 1 is 1.06 bits per heavy atom. The van der Waals surface area contributed by atoms with Crippen LogP contribution in [0.15, 0.2) is 12.2 Å². The fourth-order valence-electron chi connectivity index (χ4n) is 1.52. The first kappa shape index (κ1) is 15.7. The normalized spacial score (nSPS) is 13.2. The van der Waals surface area contributed by atoms with E-state index in [-0.39, 0.29) is 0 Å². The maximum absolute atomic E-state index is 2.39. The van der Waals surface area contributed by atoms with Gasteiger partial charge in [-0.15, -0.1) is 0 Å². The van der Waals surface area contributed by atoms with Crippen LogP contribution in [-0.2, 0) is 0 Å². The lowest BCUT2D eigenvalue weighted by molar-refractivity contribution is 0.279. The monoisotopic (exact) mass is 225 g/mol. The highest BCUT2D eigenvalue weighted by Crippen LogP contribution is 2.21. The van der Waals surface area contributed by atoms with Crippen LogP contribution < -0.4 is 0 Å². The minimum atomic E-state index is 0.492. The number of unbranched alkanes of at least 4 members (excludes halogenated alkanes) is 1. The van der Waals surface area contributed by atoms with Gasteiger partial charge in [0, 0.05) is 12.6 Å². The second-order valence-corrected chi connectivity index (χ2v) is 6.29. The number of hydrogen-bond donors (Lipinski definition) is 0. The molecule has 1 heteroatoms. The smallest absolute Gasteiger partial charge is 0.00356 e. The molecule has 0 heterocycles. The molecule has 96 valence electrons. The molecule has 0 aliphatic rings. The fourth-order valence-corrected chi connectivity index (χ4v) is 1.52. The highest BCUT2D eigenvalue weighted by atomic mass is 15.1. The molecule has 0 fully saturated rings. The summed E-state index contributed by atoms with van der Waals surface area (Å²) in [5, 5.41) is 0. The van der Waals surface area contributed by atoms with E-state index in [4.69, 9.17) is 0 Å². The van der Waals surface area contributed by atoms with E-state index in [1.807, 2.05) is 0 Å². The van der Waals surface area contributed by atoms with Crippen LogP contribution in [0.4, 0.5) is 0 Å². The molecule has 0 aromatic rings. The van der Waals surface area contributed by atoms with Crippen LogP contribution in [-0.4, -0.2) is 24.5 Å². The SMILES string of the molecule is CC(C)N(C)CC/C=C\CCCC(C)(C)C. The lowest BCUT2D eigenvalue weighted by Gasteiger charge is -2.19. The average Bonchev–Trinajstić information content (AvgIpc) is 2.14. The van der Waals surface area contributed by atoms with Crippen LogP contribution in [0.5, 0.6) is 0 Å². The van der Waals surface area contributed by atoms with Crippen molar-refractivity contribution in [2.45, 2.75) is 66.3 Å². The van der Waals surface area contributed by atoms with E-state index in [0.29, 0.717) is 11.5 Å². The van der Waals surface area contributed by atoms with Gasteiger partial charge in [-0.05, 0) is 52.0 Å². The van der Waals surface area contributed by atoms with Crippen molar-refractivity contribution in [1.29, 1.82) is 0 Å². The third kappa shape index (κ3) is 10.2. The predicted molar refractivity (Wildman–Crippen MR) is 74.8 cm³/mol.